The molecule has 1 fully saturated rings. The Morgan fingerprint density at radius 3 is 2.60 bits per heavy atom. The fourth-order valence-corrected chi connectivity index (χ4v) is 2.28. The summed E-state index contributed by atoms with van der Waals surface area (Å²) in [7, 11) is 1.50. The van der Waals surface area contributed by atoms with Crippen LogP contribution in [0.4, 0.5) is 5.82 Å². The normalized spacial score (nSPS) is 16.9. The number of nitrogens with zero attached hydrogens (tertiary/aromatic N) is 2. The Bertz CT molecular complexity index is 527. The van der Waals surface area contributed by atoms with Crippen LogP contribution in [-0.4, -0.2) is 27.5 Å². The van der Waals surface area contributed by atoms with Crippen molar-refractivity contribution in [1.82, 2.24) is 9.88 Å². The van der Waals surface area contributed by atoms with Gasteiger partial charge in [0.15, 0.2) is 5.69 Å². The number of aromatic nitrogens is 1. The molecule has 112 valence electrons. The Balaban J connectivity index is 0.00000200. The molecule has 2 rings (SSSR count). The minimum atomic E-state index is -0.514. The van der Waals surface area contributed by atoms with E-state index in [0.717, 1.165) is 12.8 Å². The van der Waals surface area contributed by atoms with Gasteiger partial charge < -0.3 is 21.2 Å². The van der Waals surface area contributed by atoms with E-state index in [-0.39, 0.29) is 29.8 Å². The molecule has 0 aliphatic heterocycles. The summed E-state index contributed by atoms with van der Waals surface area (Å²) in [5.41, 5.74) is 5.57. The van der Waals surface area contributed by atoms with Gasteiger partial charge in [0, 0.05) is 12.6 Å². The second-order valence-electron chi connectivity index (χ2n) is 5.24. The summed E-state index contributed by atoms with van der Waals surface area (Å²) in [6.07, 6.45) is 2.11. The molecule has 1 unspecified atom stereocenters. The lowest BCUT2D eigenvalue weighted by atomic mass is 9.96. The third-order valence-corrected chi connectivity index (χ3v) is 3.82. The molecule has 3 N–H and O–H groups in total. The first-order valence-electron chi connectivity index (χ1n) is 6.21. The van der Waals surface area contributed by atoms with Crippen LogP contribution in [0.2, 0.25) is 0 Å². The molecule has 0 aromatic carbocycles. The maximum Gasteiger partial charge on any atom is 0.323 e. The van der Waals surface area contributed by atoms with E-state index in [4.69, 9.17) is 5.73 Å². The number of halogens is 1. The maximum absolute atomic E-state index is 12.2. The van der Waals surface area contributed by atoms with Gasteiger partial charge >= 0.3 is 5.82 Å². The van der Waals surface area contributed by atoms with Crippen LogP contribution in [0.25, 0.3) is 0 Å². The average molecular weight is 303 g/mol. The Labute approximate surface area is 123 Å². The van der Waals surface area contributed by atoms with Gasteiger partial charge in [0.1, 0.15) is 0 Å². The van der Waals surface area contributed by atoms with E-state index in [0.29, 0.717) is 12.5 Å². The minimum Gasteiger partial charge on any atom is -0.358 e. The van der Waals surface area contributed by atoms with Crippen molar-refractivity contribution in [3.63, 3.8) is 0 Å². The van der Waals surface area contributed by atoms with E-state index in [1.807, 2.05) is 6.92 Å². The number of carbonyl (C=O) groups is 1. The van der Waals surface area contributed by atoms with Crippen molar-refractivity contribution in [2.75, 3.05) is 6.54 Å². The predicted octanol–water partition coefficient (Wildman–Crippen LogP) is 1.21. The predicted molar refractivity (Wildman–Crippen MR) is 77.0 cm³/mol. The van der Waals surface area contributed by atoms with Crippen molar-refractivity contribution in [3.05, 3.63) is 27.9 Å². The van der Waals surface area contributed by atoms with Crippen LogP contribution in [0.3, 0.4) is 0 Å². The number of carbonyl (C=O) groups excluding carboxylic acids is 1. The van der Waals surface area contributed by atoms with Crippen LogP contribution >= 0.6 is 12.4 Å². The molecule has 1 amide bonds. The maximum atomic E-state index is 12.2. The summed E-state index contributed by atoms with van der Waals surface area (Å²) >= 11 is 0. The van der Waals surface area contributed by atoms with Gasteiger partial charge in [-0.1, -0.05) is 0 Å². The standard InChI is InChI=1S/C12H18N4O3.ClH/c1-12(7-13,8-3-4-8)14-11(17)9-5-6-10(15(9)2)16(18)19;/h5-6,8H,3-4,7,13H2,1-2H3,(H,14,17);1H. The lowest BCUT2D eigenvalue weighted by Crippen LogP contribution is -2.53. The summed E-state index contributed by atoms with van der Waals surface area (Å²) in [6.45, 7) is 2.27. The zero-order valence-electron chi connectivity index (χ0n) is 11.5. The molecular formula is C12H19ClN4O3. The van der Waals surface area contributed by atoms with Crippen LogP contribution in [0.5, 0.6) is 0 Å². The average Bonchev–Trinajstić information content (AvgIpc) is 3.12. The molecule has 0 saturated heterocycles. The van der Waals surface area contributed by atoms with Crippen LogP contribution in [0.15, 0.2) is 12.1 Å². The number of nitrogens with two attached hydrogens (primary N) is 1. The van der Waals surface area contributed by atoms with Crippen molar-refractivity contribution in [2.24, 2.45) is 18.7 Å². The lowest BCUT2D eigenvalue weighted by molar-refractivity contribution is -0.391. The molecule has 0 bridgehead atoms. The van der Waals surface area contributed by atoms with Crippen molar-refractivity contribution in [3.8, 4) is 0 Å². The molecule has 8 heteroatoms. The summed E-state index contributed by atoms with van der Waals surface area (Å²) < 4.78 is 1.28. The number of rotatable bonds is 5. The molecule has 1 heterocycles. The molecule has 20 heavy (non-hydrogen) atoms. The molecule has 0 spiro atoms. The van der Waals surface area contributed by atoms with Crippen molar-refractivity contribution in [1.29, 1.82) is 0 Å². The van der Waals surface area contributed by atoms with Gasteiger partial charge in [-0.3, -0.25) is 4.79 Å². The molecule has 1 aromatic rings. The SMILES string of the molecule is Cl.Cn1c(C(=O)NC(C)(CN)C2CC2)ccc1[N+](=O)[O-]. The Morgan fingerprint density at radius 2 is 2.20 bits per heavy atom. The summed E-state index contributed by atoms with van der Waals surface area (Å²) in [5.74, 6) is -0.0295. The zero-order valence-corrected chi connectivity index (χ0v) is 12.3. The molecule has 0 radical (unpaired) electrons. The third-order valence-electron chi connectivity index (χ3n) is 3.82. The fraction of sp³-hybridized carbons (Fsp3) is 0.583. The highest BCUT2D eigenvalue weighted by Gasteiger charge is 2.42. The number of nitro groups is 1. The van der Waals surface area contributed by atoms with E-state index >= 15 is 0 Å². The molecule has 1 aromatic heterocycles. The molecular weight excluding hydrogens is 284 g/mol. The zero-order chi connectivity index (χ0) is 14.2. The summed E-state index contributed by atoms with van der Waals surface area (Å²) in [6, 6.07) is 2.78. The Kier molecular flexibility index (Phi) is 4.77. The van der Waals surface area contributed by atoms with Crippen molar-refractivity contribution in [2.45, 2.75) is 25.3 Å². The highest BCUT2D eigenvalue weighted by molar-refractivity contribution is 5.93. The second kappa shape index (κ2) is 5.80. The van der Waals surface area contributed by atoms with Crippen LogP contribution in [0, 0.1) is 16.0 Å². The largest absolute Gasteiger partial charge is 0.358 e. The number of hydrogen-bond donors (Lipinski definition) is 2. The smallest absolute Gasteiger partial charge is 0.323 e. The first-order chi connectivity index (χ1) is 8.89. The van der Waals surface area contributed by atoms with Gasteiger partial charge in [-0.15, -0.1) is 12.4 Å². The quantitative estimate of drug-likeness (QED) is 0.630. The van der Waals surface area contributed by atoms with Gasteiger partial charge in [0.2, 0.25) is 0 Å². The van der Waals surface area contributed by atoms with E-state index in [1.54, 1.807) is 0 Å². The highest BCUT2D eigenvalue weighted by Crippen LogP contribution is 2.39. The van der Waals surface area contributed by atoms with E-state index in [9.17, 15) is 14.9 Å². The van der Waals surface area contributed by atoms with E-state index in [2.05, 4.69) is 5.32 Å². The Hall–Kier alpha value is -1.60. The van der Waals surface area contributed by atoms with Crippen LogP contribution < -0.4 is 11.1 Å². The van der Waals surface area contributed by atoms with Gasteiger partial charge in [0.25, 0.3) is 5.91 Å². The topological polar surface area (TPSA) is 103 Å². The third kappa shape index (κ3) is 2.94. The van der Waals surface area contributed by atoms with Crippen molar-refractivity contribution < 1.29 is 9.72 Å². The fourth-order valence-electron chi connectivity index (χ4n) is 2.28. The first kappa shape index (κ1) is 16.5. The second-order valence-corrected chi connectivity index (χ2v) is 5.24. The molecule has 1 aliphatic carbocycles. The lowest BCUT2D eigenvalue weighted by Gasteiger charge is -2.29. The van der Waals surface area contributed by atoms with E-state index in [1.165, 1.54) is 23.7 Å². The first-order valence-corrected chi connectivity index (χ1v) is 6.21. The van der Waals surface area contributed by atoms with Gasteiger partial charge in [-0.2, -0.15) is 0 Å². The summed E-state index contributed by atoms with van der Waals surface area (Å²) in [5, 5.41) is 13.7. The number of hydrogen-bond acceptors (Lipinski definition) is 4. The minimum absolute atomic E-state index is 0. The summed E-state index contributed by atoms with van der Waals surface area (Å²) in [4.78, 5) is 22.4. The highest BCUT2D eigenvalue weighted by atomic mass is 35.5. The van der Waals surface area contributed by atoms with Crippen molar-refractivity contribution >= 4 is 24.1 Å². The molecule has 1 aliphatic rings. The van der Waals surface area contributed by atoms with E-state index < -0.39 is 10.5 Å². The van der Waals surface area contributed by atoms with Gasteiger partial charge in [-0.05, 0) is 36.7 Å². The van der Waals surface area contributed by atoms with Gasteiger partial charge in [0.05, 0.1) is 12.6 Å². The number of nitrogens with one attached hydrogen (secondary N) is 1. The molecule has 1 atom stereocenters. The molecule has 1 saturated carbocycles. The Morgan fingerprint density at radius 1 is 1.60 bits per heavy atom. The number of amides is 1. The monoisotopic (exact) mass is 302 g/mol. The molecule has 7 nitrogen and oxygen atoms in total. The van der Waals surface area contributed by atoms with Crippen LogP contribution in [-0.2, 0) is 7.05 Å². The van der Waals surface area contributed by atoms with Crippen LogP contribution in [0.1, 0.15) is 30.3 Å². The van der Waals surface area contributed by atoms with Gasteiger partial charge in [-0.25, -0.2) is 4.57 Å².